The summed E-state index contributed by atoms with van der Waals surface area (Å²) in [7, 11) is 0. The van der Waals surface area contributed by atoms with Gasteiger partial charge in [-0.25, -0.2) is 9.18 Å². The first-order chi connectivity index (χ1) is 9.56. The number of benzene rings is 2. The van der Waals surface area contributed by atoms with E-state index in [0.717, 1.165) is 16.1 Å². The van der Waals surface area contributed by atoms with Crippen molar-refractivity contribution < 1.29 is 19.0 Å². The molecular formula is C15H12BrFO3. The van der Waals surface area contributed by atoms with Crippen LogP contribution in [0.15, 0.2) is 46.9 Å². The van der Waals surface area contributed by atoms with Gasteiger partial charge in [0.05, 0.1) is 18.8 Å². The highest BCUT2D eigenvalue weighted by Crippen LogP contribution is 2.14. The molecule has 0 atom stereocenters. The largest absolute Gasteiger partial charge is 0.478 e. The average molecular weight is 339 g/mol. The van der Waals surface area contributed by atoms with Crippen LogP contribution >= 0.6 is 15.9 Å². The third kappa shape index (κ3) is 3.88. The molecule has 2 aromatic rings. The number of hydrogen-bond acceptors (Lipinski definition) is 2. The van der Waals surface area contributed by atoms with E-state index < -0.39 is 11.8 Å². The monoisotopic (exact) mass is 338 g/mol. The SMILES string of the molecule is O=C(O)c1ccc(COCc2ccc(Br)cc2)c(F)c1. The first kappa shape index (κ1) is 14.7. The van der Waals surface area contributed by atoms with Gasteiger partial charge in [0.25, 0.3) is 0 Å². The van der Waals surface area contributed by atoms with Crippen LogP contribution in [0.25, 0.3) is 0 Å². The summed E-state index contributed by atoms with van der Waals surface area (Å²) in [5.41, 5.74) is 1.25. The molecule has 0 bridgehead atoms. The molecule has 0 aliphatic rings. The number of carboxylic acids is 1. The Morgan fingerprint density at radius 2 is 1.85 bits per heavy atom. The zero-order valence-corrected chi connectivity index (χ0v) is 12.1. The van der Waals surface area contributed by atoms with Crippen LogP contribution in [-0.2, 0) is 18.0 Å². The summed E-state index contributed by atoms with van der Waals surface area (Å²) in [5.74, 6) is -1.72. The van der Waals surface area contributed by atoms with Gasteiger partial charge in [0, 0.05) is 10.0 Å². The van der Waals surface area contributed by atoms with Gasteiger partial charge in [-0.2, -0.15) is 0 Å². The van der Waals surface area contributed by atoms with Crippen molar-refractivity contribution >= 4 is 21.9 Å². The molecule has 0 aliphatic carbocycles. The standard InChI is InChI=1S/C15H12BrFO3/c16-13-5-1-10(2-6-13)8-20-9-12-4-3-11(15(18)19)7-14(12)17/h1-7H,8-9H2,(H,18,19). The molecule has 0 unspecified atom stereocenters. The second-order valence-corrected chi connectivity index (χ2v) is 5.15. The Balaban J connectivity index is 1.94. The van der Waals surface area contributed by atoms with Crippen molar-refractivity contribution in [3.05, 3.63) is 69.4 Å². The van der Waals surface area contributed by atoms with Gasteiger partial charge < -0.3 is 9.84 Å². The van der Waals surface area contributed by atoms with Crippen molar-refractivity contribution in [1.82, 2.24) is 0 Å². The minimum atomic E-state index is -1.15. The number of aromatic carboxylic acids is 1. The molecule has 3 nitrogen and oxygen atoms in total. The summed E-state index contributed by atoms with van der Waals surface area (Å²) in [6.45, 7) is 0.467. The molecule has 0 saturated carbocycles. The maximum Gasteiger partial charge on any atom is 0.335 e. The van der Waals surface area contributed by atoms with Crippen molar-refractivity contribution in [1.29, 1.82) is 0 Å². The molecule has 0 fully saturated rings. The van der Waals surface area contributed by atoms with Crippen molar-refractivity contribution in [2.24, 2.45) is 0 Å². The van der Waals surface area contributed by atoms with E-state index in [1.807, 2.05) is 24.3 Å². The van der Waals surface area contributed by atoms with E-state index in [2.05, 4.69) is 15.9 Å². The van der Waals surface area contributed by atoms with Crippen LogP contribution in [0.5, 0.6) is 0 Å². The number of carboxylic acid groups (broad SMARTS) is 1. The van der Waals surface area contributed by atoms with Gasteiger partial charge in [-0.3, -0.25) is 0 Å². The van der Waals surface area contributed by atoms with Gasteiger partial charge in [0.2, 0.25) is 0 Å². The van der Waals surface area contributed by atoms with E-state index in [1.54, 1.807) is 0 Å². The Hall–Kier alpha value is -1.72. The van der Waals surface area contributed by atoms with Crippen LogP contribution in [0.1, 0.15) is 21.5 Å². The number of carbonyl (C=O) groups is 1. The Bertz CT molecular complexity index is 611. The van der Waals surface area contributed by atoms with E-state index in [4.69, 9.17) is 9.84 Å². The summed E-state index contributed by atoms with van der Waals surface area (Å²) < 4.78 is 20.0. The van der Waals surface area contributed by atoms with E-state index >= 15 is 0 Å². The molecule has 0 saturated heterocycles. The Labute approximate surface area is 124 Å². The van der Waals surface area contributed by atoms with Crippen LogP contribution in [0.3, 0.4) is 0 Å². The maximum atomic E-state index is 13.6. The molecule has 0 spiro atoms. The van der Waals surface area contributed by atoms with Crippen LogP contribution in [0, 0.1) is 5.82 Å². The molecule has 0 radical (unpaired) electrons. The molecule has 0 amide bonds. The zero-order chi connectivity index (χ0) is 14.5. The van der Waals surface area contributed by atoms with Crippen molar-refractivity contribution in [2.75, 3.05) is 0 Å². The third-order valence-electron chi connectivity index (χ3n) is 2.74. The molecule has 0 aliphatic heterocycles. The molecular weight excluding hydrogens is 327 g/mol. The normalized spacial score (nSPS) is 10.5. The van der Waals surface area contributed by atoms with Crippen LogP contribution in [0.4, 0.5) is 4.39 Å². The van der Waals surface area contributed by atoms with Crippen molar-refractivity contribution in [3.8, 4) is 0 Å². The fraction of sp³-hybridized carbons (Fsp3) is 0.133. The van der Waals surface area contributed by atoms with Gasteiger partial charge >= 0.3 is 5.97 Å². The van der Waals surface area contributed by atoms with Crippen molar-refractivity contribution in [3.63, 3.8) is 0 Å². The number of hydrogen-bond donors (Lipinski definition) is 1. The maximum absolute atomic E-state index is 13.6. The van der Waals surface area contributed by atoms with Crippen LogP contribution in [-0.4, -0.2) is 11.1 Å². The minimum absolute atomic E-state index is 0.0702. The molecule has 0 aromatic heterocycles. The Morgan fingerprint density at radius 1 is 1.15 bits per heavy atom. The van der Waals surface area contributed by atoms with E-state index in [-0.39, 0.29) is 12.2 Å². The lowest BCUT2D eigenvalue weighted by Gasteiger charge is -2.06. The van der Waals surface area contributed by atoms with Gasteiger partial charge in [-0.1, -0.05) is 34.1 Å². The van der Waals surface area contributed by atoms with Gasteiger partial charge in [-0.15, -0.1) is 0 Å². The second kappa shape index (κ2) is 6.63. The highest BCUT2D eigenvalue weighted by molar-refractivity contribution is 9.10. The number of rotatable bonds is 5. The lowest BCUT2D eigenvalue weighted by atomic mass is 10.1. The molecule has 1 N–H and O–H groups in total. The van der Waals surface area contributed by atoms with Gasteiger partial charge in [-0.05, 0) is 29.8 Å². The summed E-state index contributed by atoms with van der Waals surface area (Å²) in [6.07, 6.45) is 0. The lowest BCUT2D eigenvalue weighted by molar-refractivity contribution is 0.0695. The molecule has 0 heterocycles. The highest BCUT2D eigenvalue weighted by Gasteiger charge is 2.08. The minimum Gasteiger partial charge on any atom is -0.478 e. The van der Waals surface area contributed by atoms with Crippen LogP contribution in [0.2, 0.25) is 0 Å². The molecule has 104 valence electrons. The predicted molar refractivity (Wildman–Crippen MR) is 76.0 cm³/mol. The van der Waals surface area contributed by atoms with E-state index in [1.165, 1.54) is 12.1 Å². The third-order valence-corrected chi connectivity index (χ3v) is 3.27. The lowest BCUT2D eigenvalue weighted by Crippen LogP contribution is -2.01. The number of halogens is 2. The predicted octanol–water partition coefficient (Wildman–Crippen LogP) is 4.00. The Morgan fingerprint density at radius 3 is 2.45 bits per heavy atom. The van der Waals surface area contributed by atoms with Crippen molar-refractivity contribution in [2.45, 2.75) is 13.2 Å². The van der Waals surface area contributed by atoms with E-state index in [0.29, 0.717) is 12.2 Å². The fourth-order valence-corrected chi connectivity index (χ4v) is 1.92. The molecule has 2 aromatic carbocycles. The quantitative estimate of drug-likeness (QED) is 0.896. The summed E-state index contributed by atoms with van der Waals surface area (Å²) in [5, 5.41) is 8.75. The summed E-state index contributed by atoms with van der Waals surface area (Å²) >= 11 is 3.34. The van der Waals surface area contributed by atoms with Gasteiger partial charge in [0.1, 0.15) is 5.82 Å². The first-order valence-corrected chi connectivity index (χ1v) is 6.69. The molecule has 20 heavy (non-hydrogen) atoms. The zero-order valence-electron chi connectivity index (χ0n) is 10.5. The Kier molecular flexibility index (Phi) is 4.87. The highest BCUT2D eigenvalue weighted by atomic mass is 79.9. The summed E-state index contributed by atoms with van der Waals surface area (Å²) in [4.78, 5) is 10.7. The first-order valence-electron chi connectivity index (χ1n) is 5.90. The number of ether oxygens (including phenoxy) is 1. The smallest absolute Gasteiger partial charge is 0.335 e. The average Bonchev–Trinajstić information content (AvgIpc) is 2.42. The molecule has 5 heteroatoms. The fourth-order valence-electron chi connectivity index (χ4n) is 1.66. The molecule has 2 rings (SSSR count). The summed E-state index contributed by atoms with van der Waals surface area (Å²) in [6, 6.07) is 11.4. The van der Waals surface area contributed by atoms with Gasteiger partial charge in [0.15, 0.2) is 0 Å². The van der Waals surface area contributed by atoms with E-state index in [9.17, 15) is 9.18 Å². The van der Waals surface area contributed by atoms with Crippen LogP contribution < -0.4 is 0 Å². The topological polar surface area (TPSA) is 46.5 Å². The second-order valence-electron chi connectivity index (χ2n) is 4.23.